The van der Waals surface area contributed by atoms with Crippen LogP contribution >= 0.6 is 11.6 Å². The third-order valence-electron chi connectivity index (χ3n) is 2.12. The average Bonchev–Trinajstić information content (AvgIpc) is 2.33. The Morgan fingerprint density at radius 3 is 2.76 bits per heavy atom. The molecule has 0 aliphatic heterocycles. The molecule has 0 spiro atoms. The van der Waals surface area contributed by atoms with E-state index >= 15 is 0 Å². The first kappa shape index (κ1) is 11.5. The van der Waals surface area contributed by atoms with Gasteiger partial charge in [-0.25, -0.2) is 4.98 Å². The lowest BCUT2D eigenvalue weighted by atomic mass is 10.3. The van der Waals surface area contributed by atoms with E-state index in [1.165, 1.54) is 0 Å². The van der Waals surface area contributed by atoms with E-state index in [2.05, 4.69) is 4.98 Å². The van der Waals surface area contributed by atoms with Gasteiger partial charge in [0.2, 0.25) is 5.88 Å². The first-order valence-corrected chi connectivity index (χ1v) is 5.30. The second-order valence-corrected chi connectivity index (χ2v) is 3.75. The molecule has 0 saturated carbocycles. The Balaban J connectivity index is 2.25. The lowest BCUT2D eigenvalue weighted by Crippen LogP contribution is -1.93. The molecular weight excluding hydrogens is 240 g/mol. The molecule has 5 heteroatoms. The zero-order valence-electron chi connectivity index (χ0n) is 9.18. The summed E-state index contributed by atoms with van der Waals surface area (Å²) >= 11 is 5.80. The number of methoxy groups -OCH3 is 1. The second-order valence-electron chi connectivity index (χ2n) is 3.32. The molecule has 17 heavy (non-hydrogen) atoms. The van der Waals surface area contributed by atoms with Crippen LogP contribution in [0.25, 0.3) is 0 Å². The SMILES string of the molecule is COc1cc(Oc2ccc(Cl)cc2N)ccn1. The van der Waals surface area contributed by atoms with E-state index in [1.54, 1.807) is 43.6 Å². The maximum absolute atomic E-state index is 5.80. The third-order valence-corrected chi connectivity index (χ3v) is 2.35. The summed E-state index contributed by atoms with van der Waals surface area (Å²) in [6.45, 7) is 0. The Bertz CT molecular complexity index is 532. The van der Waals surface area contributed by atoms with Crippen LogP contribution in [0.5, 0.6) is 17.4 Å². The fourth-order valence-corrected chi connectivity index (χ4v) is 1.49. The number of ether oxygens (including phenoxy) is 2. The predicted octanol–water partition coefficient (Wildman–Crippen LogP) is 3.12. The van der Waals surface area contributed by atoms with Crippen molar-refractivity contribution < 1.29 is 9.47 Å². The zero-order valence-corrected chi connectivity index (χ0v) is 9.94. The number of nitrogens with two attached hydrogens (primary N) is 1. The number of nitrogens with zero attached hydrogens (tertiary/aromatic N) is 1. The summed E-state index contributed by atoms with van der Waals surface area (Å²) in [4.78, 5) is 3.98. The van der Waals surface area contributed by atoms with Crippen LogP contribution in [-0.2, 0) is 0 Å². The standard InChI is InChI=1S/C12H11ClN2O2/c1-16-12-7-9(4-5-15-12)17-11-3-2-8(13)6-10(11)14/h2-7H,14H2,1H3. The molecule has 0 aliphatic carbocycles. The van der Waals surface area contributed by atoms with E-state index in [1.807, 2.05) is 0 Å². The van der Waals surface area contributed by atoms with Gasteiger partial charge in [-0.1, -0.05) is 11.6 Å². The molecule has 1 aromatic carbocycles. The van der Waals surface area contributed by atoms with Crippen molar-refractivity contribution in [1.82, 2.24) is 4.98 Å². The van der Waals surface area contributed by atoms with Crippen molar-refractivity contribution in [3.63, 3.8) is 0 Å². The number of hydrogen-bond donors (Lipinski definition) is 1. The highest BCUT2D eigenvalue weighted by Gasteiger charge is 2.04. The molecule has 0 unspecified atom stereocenters. The minimum Gasteiger partial charge on any atom is -0.481 e. The Hall–Kier alpha value is -1.94. The van der Waals surface area contributed by atoms with Crippen molar-refractivity contribution in [2.45, 2.75) is 0 Å². The van der Waals surface area contributed by atoms with Gasteiger partial charge >= 0.3 is 0 Å². The molecule has 2 aromatic rings. The summed E-state index contributed by atoms with van der Waals surface area (Å²) in [6, 6.07) is 8.45. The topological polar surface area (TPSA) is 57.4 Å². The zero-order chi connectivity index (χ0) is 12.3. The van der Waals surface area contributed by atoms with Gasteiger partial charge in [0.1, 0.15) is 11.5 Å². The van der Waals surface area contributed by atoms with Crippen molar-refractivity contribution in [2.75, 3.05) is 12.8 Å². The van der Waals surface area contributed by atoms with E-state index in [0.29, 0.717) is 28.1 Å². The molecule has 88 valence electrons. The van der Waals surface area contributed by atoms with Crippen LogP contribution in [0.4, 0.5) is 5.69 Å². The lowest BCUT2D eigenvalue weighted by Gasteiger charge is -2.09. The van der Waals surface area contributed by atoms with Gasteiger partial charge in [0.15, 0.2) is 0 Å². The van der Waals surface area contributed by atoms with Crippen LogP contribution in [0.15, 0.2) is 36.5 Å². The van der Waals surface area contributed by atoms with Gasteiger partial charge in [0.25, 0.3) is 0 Å². The van der Waals surface area contributed by atoms with Gasteiger partial charge in [-0.15, -0.1) is 0 Å². The van der Waals surface area contributed by atoms with Crippen molar-refractivity contribution >= 4 is 17.3 Å². The summed E-state index contributed by atoms with van der Waals surface area (Å²) in [5, 5.41) is 0.571. The Morgan fingerprint density at radius 2 is 2.06 bits per heavy atom. The molecule has 0 bridgehead atoms. The molecule has 0 amide bonds. The van der Waals surface area contributed by atoms with Gasteiger partial charge < -0.3 is 15.2 Å². The normalized spacial score (nSPS) is 10.0. The minimum atomic E-state index is 0.480. The fourth-order valence-electron chi connectivity index (χ4n) is 1.31. The van der Waals surface area contributed by atoms with Crippen molar-refractivity contribution in [3.05, 3.63) is 41.6 Å². The van der Waals surface area contributed by atoms with Gasteiger partial charge in [-0.05, 0) is 24.3 Å². The molecule has 0 saturated heterocycles. The minimum absolute atomic E-state index is 0.480. The third kappa shape index (κ3) is 2.79. The summed E-state index contributed by atoms with van der Waals surface area (Å²) in [5.41, 5.74) is 6.26. The molecule has 2 rings (SSSR count). The van der Waals surface area contributed by atoms with Gasteiger partial charge in [0.05, 0.1) is 12.8 Å². The van der Waals surface area contributed by atoms with Crippen LogP contribution in [0.3, 0.4) is 0 Å². The molecule has 4 nitrogen and oxygen atoms in total. The number of nitrogen functional groups attached to an aromatic ring is 1. The highest BCUT2D eigenvalue weighted by Crippen LogP contribution is 2.30. The Labute approximate surface area is 104 Å². The van der Waals surface area contributed by atoms with E-state index in [9.17, 15) is 0 Å². The van der Waals surface area contributed by atoms with E-state index in [4.69, 9.17) is 26.8 Å². The number of pyridine rings is 1. The molecule has 0 aliphatic rings. The predicted molar refractivity (Wildman–Crippen MR) is 66.7 cm³/mol. The summed E-state index contributed by atoms with van der Waals surface area (Å²) in [5.74, 6) is 1.63. The van der Waals surface area contributed by atoms with Crippen LogP contribution in [0.2, 0.25) is 5.02 Å². The first-order valence-electron chi connectivity index (χ1n) is 4.92. The highest BCUT2D eigenvalue weighted by atomic mass is 35.5. The fraction of sp³-hybridized carbons (Fsp3) is 0.0833. The van der Waals surface area contributed by atoms with Crippen LogP contribution in [-0.4, -0.2) is 12.1 Å². The molecule has 0 fully saturated rings. The van der Waals surface area contributed by atoms with Crippen molar-refractivity contribution in [3.8, 4) is 17.4 Å². The number of rotatable bonds is 3. The largest absolute Gasteiger partial charge is 0.481 e. The van der Waals surface area contributed by atoms with Gasteiger partial charge in [-0.3, -0.25) is 0 Å². The van der Waals surface area contributed by atoms with Crippen LogP contribution in [0.1, 0.15) is 0 Å². The smallest absolute Gasteiger partial charge is 0.216 e. The molecule has 1 heterocycles. The Kier molecular flexibility index (Phi) is 3.35. The lowest BCUT2D eigenvalue weighted by molar-refractivity contribution is 0.392. The van der Waals surface area contributed by atoms with Crippen molar-refractivity contribution in [1.29, 1.82) is 0 Å². The van der Waals surface area contributed by atoms with E-state index in [0.717, 1.165) is 0 Å². The van der Waals surface area contributed by atoms with Crippen molar-refractivity contribution in [2.24, 2.45) is 0 Å². The number of benzene rings is 1. The summed E-state index contributed by atoms with van der Waals surface area (Å²) < 4.78 is 10.6. The number of anilines is 1. The molecular formula is C12H11ClN2O2. The quantitative estimate of drug-likeness (QED) is 0.851. The van der Waals surface area contributed by atoms with E-state index in [-0.39, 0.29) is 0 Å². The van der Waals surface area contributed by atoms with Crippen LogP contribution in [0, 0.1) is 0 Å². The average molecular weight is 251 g/mol. The number of hydrogen-bond acceptors (Lipinski definition) is 4. The van der Waals surface area contributed by atoms with Gasteiger partial charge in [-0.2, -0.15) is 0 Å². The number of aromatic nitrogens is 1. The van der Waals surface area contributed by atoms with Gasteiger partial charge in [0, 0.05) is 17.3 Å². The number of halogens is 1. The second kappa shape index (κ2) is 4.93. The summed E-state index contributed by atoms with van der Waals surface area (Å²) in [7, 11) is 1.54. The maximum Gasteiger partial charge on any atom is 0.216 e. The monoisotopic (exact) mass is 250 g/mol. The first-order chi connectivity index (χ1) is 8.19. The highest BCUT2D eigenvalue weighted by molar-refractivity contribution is 6.30. The summed E-state index contributed by atoms with van der Waals surface area (Å²) in [6.07, 6.45) is 1.60. The molecule has 0 radical (unpaired) electrons. The van der Waals surface area contributed by atoms with E-state index < -0.39 is 0 Å². The maximum atomic E-state index is 5.80. The van der Waals surface area contributed by atoms with Crippen LogP contribution < -0.4 is 15.2 Å². The molecule has 1 aromatic heterocycles. The Morgan fingerprint density at radius 1 is 1.24 bits per heavy atom. The molecule has 2 N–H and O–H groups in total. The molecule has 0 atom stereocenters.